The Morgan fingerprint density at radius 2 is 1.77 bits per heavy atom. The Morgan fingerprint density at radius 1 is 1.23 bits per heavy atom. The van der Waals surface area contributed by atoms with Crippen molar-refractivity contribution in [3.63, 3.8) is 0 Å². The fraction of sp³-hybridized carbons (Fsp3) is 0.154. The summed E-state index contributed by atoms with van der Waals surface area (Å²) in [6.07, 6.45) is 0. The number of hydrogen-bond acceptors (Lipinski definition) is 7. The summed E-state index contributed by atoms with van der Waals surface area (Å²) < 4.78 is 4.59. The normalized spacial score (nSPS) is 10.5. The first-order chi connectivity index (χ1) is 10.4. The molecular weight excluding hydrogens is 294 g/mol. The highest BCUT2D eigenvalue weighted by Crippen LogP contribution is 2.15. The fourth-order valence-electron chi connectivity index (χ4n) is 1.38. The highest BCUT2D eigenvalue weighted by atomic mass is 16.5. The van der Waals surface area contributed by atoms with Crippen LogP contribution in [0.3, 0.4) is 0 Å². The van der Waals surface area contributed by atoms with E-state index in [0.717, 1.165) is 18.2 Å². The van der Waals surface area contributed by atoms with Gasteiger partial charge in [0.25, 0.3) is 0 Å². The topological polar surface area (TPSA) is 149 Å². The molecule has 22 heavy (non-hydrogen) atoms. The molecule has 0 amide bonds. The van der Waals surface area contributed by atoms with E-state index in [9.17, 15) is 14.4 Å². The molecule has 1 aromatic rings. The van der Waals surface area contributed by atoms with E-state index in [1.165, 1.54) is 6.07 Å². The third-order valence-electron chi connectivity index (χ3n) is 2.30. The van der Waals surface area contributed by atoms with Gasteiger partial charge in [0.05, 0.1) is 23.4 Å². The van der Waals surface area contributed by atoms with Crippen LogP contribution in [0.2, 0.25) is 0 Å². The first kappa shape index (κ1) is 16.6. The summed E-state index contributed by atoms with van der Waals surface area (Å²) in [5.41, 5.74) is 1.10. The number of carbonyl (C=O) groups excluding carboxylic acids is 1. The van der Waals surface area contributed by atoms with Gasteiger partial charge in [-0.25, -0.2) is 14.4 Å². The summed E-state index contributed by atoms with van der Waals surface area (Å²) in [6.45, 7) is 1.60. The number of nitriles is 1. The molecule has 0 aliphatic rings. The van der Waals surface area contributed by atoms with Crippen molar-refractivity contribution in [1.82, 2.24) is 0 Å². The Labute approximate surface area is 124 Å². The third kappa shape index (κ3) is 4.31. The molecule has 0 atom stereocenters. The van der Waals surface area contributed by atoms with Crippen molar-refractivity contribution in [2.75, 3.05) is 12.0 Å². The Morgan fingerprint density at radius 3 is 2.18 bits per heavy atom. The molecule has 0 aliphatic heterocycles. The SMILES string of the molecule is CCOC(=O)/C(C#N)=N/Nc1cc(C(=O)O)cc(C(=O)O)c1. The van der Waals surface area contributed by atoms with E-state index in [4.69, 9.17) is 15.5 Å². The van der Waals surface area contributed by atoms with E-state index in [-0.39, 0.29) is 23.4 Å². The number of carbonyl (C=O) groups is 3. The van der Waals surface area contributed by atoms with Gasteiger partial charge in [0, 0.05) is 0 Å². The molecule has 0 heterocycles. The second kappa shape index (κ2) is 7.39. The van der Waals surface area contributed by atoms with Crippen LogP contribution in [0.25, 0.3) is 0 Å². The number of ether oxygens (including phenoxy) is 1. The number of aromatic carboxylic acids is 2. The lowest BCUT2D eigenvalue weighted by molar-refractivity contribution is -0.134. The molecule has 0 aliphatic carbocycles. The number of hydrogen-bond donors (Lipinski definition) is 3. The van der Waals surface area contributed by atoms with E-state index < -0.39 is 23.6 Å². The van der Waals surface area contributed by atoms with Gasteiger partial charge < -0.3 is 14.9 Å². The van der Waals surface area contributed by atoms with Crippen LogP contribution in [0, 0.1) is 11.3 Å². The number of carboxylic acids is 2. The van der Waals surface area contributed by atoms with Crippen LogP contribution in [0.5, 0.6) is 0 Å². The Hall–Kier alpha value is -3.41. The van der Waals surface area contributed by atoms with Gasteiger partial charge in [0.2, 0.25) is 5.71 Å². The smallest absolute Gasteiger partial charge is 0.369 e. The molecule has 0 fully saturated rings. The van der Waals surface area contributed by atoms with Crippen molar-refractivity contribution in [1.29, 1.82) is 5.26 Å². The number of carboxylic acid groups (broad SMARTS) is 2. The van der Waals surface area contributed by atoms with E-state index in [2.05, 4.69) is 15.3 Å². The van der Waals surface area contributed by atoms with Crippen molar-refractivity contribution in [2.24, 2.45) is 5.10 Å². The number of benzene rings is 1. The van der Waals surface area contributed by atoms with E-state index >= 15 is 0 Å². The first-order valence-electron chi connectivity index (χ1n) is 5.91. The zero-order valence-corrected chi connectivity index (χ0v) is 11.4. The van der Waals surface area contributed by atoms with Gasteiger partial charge >= 0.3 is 17.9 Å². The van der Waals surface area contributed by atoms with Crippen LogP contribution in [-0.4, -0.2) is 40.4 Å². The zero-order chi connectivity index (χ0) is 16.7. The molecule has 1 rings (SSSR count). The maximum absolute atomic E-state index is 11.3. The van der Waals surface area contributed by atoms with Crippen molar-refractivity contribution in [3.8, 4) is 6.07 Å². The number of nitrogens with zero attached hydrogens (tertiary/aromatic N) is 2. The minimum absolute atomic E-state index is 0.00523. The average Bonchev–Trinajstić information content (AvgIpc) is 2.47. The van der Waals surface area contributed by atoms with Crippen molar-refractivity contribution in [2.45, 2.75) is 6.92 Å². The fourth-order valence-corrected chi connectivity index (χ4v) is 1.38. The molecule has 3 N–H and O–H groups in total. The van der Waals surface area contributed by atoms with Gasteiger partial charge in [-0.2, -0.15) is 10.4 Å². The van der Waals surface area contributed by atoms with Gasteiger partial charge in [-0.05, 0) is 25.1 Å². The molecule has 0 radical (unpaired) electrons. The van der Waals surface area contributed by atoms with E-state index in [1.807, 2.05) is 0 Å². The van der Waals surface area contributed by atoms with Crippen molar-refractivity contribution in [3.05, 3.63) is 29.3 Å². The molecule has 0 saturated carbocycles. The highest BCUT2D eigenvalue weighted by molar-refractivity contribution is 6.43. The van der Waals surface area contributed by atoms with Crippen molar-refractivity contribution >= 4 is 29.3 Å². The predicted molar refractivity (Wildman–Crippen MR) is 73.7 cm³/mol. The second-order valence-electron chi connectivity index (χ2n) is 3.81. The largest absolute Gasteiger partial charge is 0.478 e. The van der Waals surface area contributed by atoms with Crippen LogP contribution >= 0.6 is 0 Å². The molecule has 0 aromatic heterocycles. The lowest BCUT2D eigenvalue weighted by atomic mass is 10.1. The Balaban J connectivity index is 3.11. The summed E-state index contributed by atoms with van der Waals surface area (Å²) in [7, 11) is 0. The van der Waals surface area contributed by atoms with Gasteiger partial charge in [0.1, 0.15) is 6.07 Å². The second-order valence-corrected chi connectivity index (χ2v) is 3.81. The summed E-state index contributed by atoms with van der Waals surface area (Å²) in [5.74, 6) is -3.62. The van der Waals surface area contributed by atoms with Crippen molar-refractivity contribution < 1.29 is 29.3 Å². The molecule has 9 nitrogen and oxygen atoms in total. The molecule has 114 valence electrons. The van der Waals surface area contributed by atoms with Gasteiger partial charge in [0.15, 0.2) is 0 Å². The van der Waals surface area contributed by atoms with Gasteiger partial charge in [-0.15, -0.1) is 0 Å². The average molecular weight is 305 g/mol. The van der Waals surface area contributed by atoms with Crippen LogP contribution in [0.1, 0.15) is 27.6 Å². The van der Waals surface area contributed by atoms with Crippen LogP contribution in [0.4, 0.5) is 5.69 Å². The number of rotatable bonds is 6. The molecule has 0 spiro atoms. The minimum Gasteiger partial charge on any atom is -0.478 e. The van der Waals surface area contributed by atoms with Gasteiger partial charge in [-0.3, -0.25) is 5.43 Å². The molecule has 0 saturated heterocycles. The maximum atomic E-state index is 11.3. The number of esters is 1. The quantitative estimate of drug-likeness (QED) is 0.399. The Bertz CT molecular complexity index is 657. The molecule has 1 aromatic carbocycles. The molecule has 9 heteroatoms. The molecular formula is C13H11N3O6. The zero-order valence-electron chi connectivity index (χ0n) is 11.4. The summed E-state index contributed by atoms with van der Waals surface area (Å²) >= 11 is 0. The first-order valence-corrected chi connectivity index (χ1v) is 5.91. The Kier molecular flexibility index (Phi) is 5.59. The summed E-state index contributed by atoms with van der Waals surface area (Å²) in [4.78, 5) is 33.2. The summed E-state index contributed by atoms with van der Waals surface area (Å²) in [6, 6.07) is 4.70. The number of nitrogens with one attached hydrogen (secondary N) is 1. The monoisotopic (exact) mass is 305 g/mol. The predicted octanol–water partition coefficient (Wildman–Crippen LogP) is 0.938. The number of anilines is 1. The van der Waals surface area contributed by atoms with Crippen LogP contribution in [0.15, 0.2) is 23.3 Å². The lowest BCUT2D eigenvalue weighted by Crippen LogP contribution is -2.17. The molecule has 0 bridgehead atoms. The van der Waals surface area contributed by atoms with E-state index in [0.29, 0.717) is 0 Å². The lowest BCUT2D eigenvalue weighted by Gasteiger charge is -2.05. The van der Waals surface area contributed by atoms with Crippen LogP contribution < -0.4 is 5.43 Å². The number of hydrazone groups is 1. The van der Waals surface area contributed by atoms with Crippen LogP contribution in [-0.2, 0) is 9.53 Å². The van der Waals surface area contributed by atoms with Gasteiger partial charge in [-0.1, -0.05) is 0 Å². The summed E-state index contributed by atoms with van der Waals surface area (Å²) in [5, 5.41) is 30.1. The third-order valence-corrected chi connectivity index (χ3v) is 2.30. The van der Waals surface area contributed by atoms with E-state index in [1.54, 1.807) is 6.92 Å². The minimum atomic E-state index is -1.33. The molecule has 0 unspecified atom stereocenters. The standard InChI is InChI=1S/C13H11N3O6/c1-2-22-13(21)10(6-14)16-15-9-4-7(11(17)18)3-8(5-9)12(19)20/h3-5,15H,2H2,1H3,(H,17,18)(H,19,20)/b16-10+. The maximum Gasteiger partial charge on any atom is 0.369 e. The highest BCUT2D eigenvalue weighted by Gasteiger charge is 2.14.